The third kappa shape index (κ3) is 4.84. The molecule has 1 saturated heterocycles. The lowest BCUT2D eigenvalue weighted by atomic mass is 9.54. The van der Waals surface area contributed by atoms with Crippen LogP contribution >= 0.6 is 0 Å². The minimum absolute atomic E-state index is 0.00112. The van der Waals surface area contributed by atoms with E-state index in [0.29, 0.717) is 54.4 Å². The van der Waals surface area contributed by atoms with Crippen molar-refractivity contribution in [3.8, 4) is 5.88 Å². The first kappa shape index (κ1) is 22.2. The van der Waals surface area contributed by atoms with Crippen LogP contribution < -0.4 is 20.7 Å². The Kier molecular flexibility index (Phi) is 6.74. The number of rotatable bonds is 9. The van der Waals surface area contributed by atoms with Gasteiger partial charge in [-0.3, -0.25) is 4.79 Å². The number of amides is 1. The highest BCUT2D eigenvalue weighted by atomic mass is 16.5. The second-order valence-corrected chi connectivity index (χ2v) is 11.2. The van der Waals surface area contributed by atoms with Crippen LogP contribution in [0.25, 0.3) is 0 Å². The summed E-state index contributed by atoms with van der Waals surface area (Å²) in [5, 5.41) is 15.0. The molecule has 178 valence electrons. The number of hydrogen-bond donors (Lipinski definition) is 3. The van der Waals surface area contributed by atoms with Crippen molar-refractivity contribution in [2.24, 2.45) is 29.6 Å². The molecule has 2 heterocycles. The molecule has 4 bridgehead atoms. The predicted molar refractivity (Wildman–Crippen MR) is 125 cm³/mol. The Labute approximate surface area is 192 Å². The van der Waals surface area contributed by atoms with Gasteiger partial charge in [-0.1, -0.05) is 13.8 Å². The molecule has 7 heteroatoms. The lowest BCUT2D eigenvalue weighted by Crippen LogP contribution is -2.55. The summed E-state index contributed by atoms with van der Waals surface area (Å²) in [7, 11) is 0. The van der Waals surface area contributed by atoms with Gasteiger partial charge < -0.3 is 20.7 Å². The maximum absolute atomic E-state index is 13.4. The molecular formula is C25H41N5O2. The summed E-state index contributed by atoms with van der Waals surface area (Å²) in [6.45, 7) is 8.56. The van der Waals surface area contributed by atoms with E-state index in [2.05, 4.69) is 34.9 Å². The van der Waals surface area contributed by atoms with Gasteiger partial charge in [0.1, 0.15) is 5.56 Å². The first-order valence-corrected chi connectivity index (χ1v) is 13.0. The summed E-state index contributed by atoms with van der Waals surface area (Å²) in [5.74, 6) is 4.17. The Morgan fingerprint density at radius 2 is 1.84 bits per heavy atom. The molecule has 4 saturated carbocycles. The molecule has 0 aromatic carbocycles. The maximum Gasteiger partial charge on any atom is 0.258 e. The van der Waals surface area contributed by atoms with Crippen molar-refractivity contribution in [2.45, 2.75) is 77.4 Å². The fraction of sp³-hybridized carbons (Fsp3) is 0.840. The van der Waals surface area contributed by atoms with Crippen molar-refractivity contribution >= 4 is 5.91 Å². The Hall–Kier alpha value is -1.60. The van der Waals surface area contributed by atoms with Crippen molar-refractivity contribution in [2.75, 3.05) is 26.2 Å². The van der Waals surface area contributed by atoms with Crippen molar-refractivity contribution in [1.29, 1.82) is 0 Å². The monoisotopic (exact) mass is 443 g/mol. The van der Waals surface area contributed by atoms with Crippen molar-refractivity contribution in [3.63, 3.8) is 0 Å². The quantitative estimate of drug-likeness (QED) is 0.547. The summed E-state index contributed by atoms with van der Waals surface area (Å²) in [5.41, 5.74) is 0.598. The van der Waals surface area contributed by atoms with Crippen LogP contribution in [-0.2, 0) is 6.54 Å². The van der Waals surface area contributed by atoms with Crippen LogP contribution in [0.5, 0.6) is 5.88 Å². The predicted octanol–water partition coefficient (Wildman–Crippen LogP) is 2.81. The Bertz CT molecular complexity index is 757. The van der Waals surface area contributed by atoms with Crippen LogP contribution in [0.3, 0.4) is 0 Å². The number of carbonyl (C=O) groups excluding carboxylic acids is 1. The summed E-state index contributed by atoms with van der Waals surface area (Å²) >= 11 is 0. The fourth-order valence-corrected chi connectivity index (χ4v) is 6.88. The molecule has 5 aliphatic rings. The normalized spacial score (nSPS) is 31.9. The van der Waals surface area contributed by atoms with E-state index in [4.69, 9.17) is 4.74 Å². The van der Waals surface area contributed by atoms with Gasteiger partial charge in [0.25, 0.3) is 5.91 Å². The molecule has 1 aliphatic heterocycles. The maximum atomic E-state index is 13.4. The van der Waals surface area contributed by atoms with E-state index in [1.165, 1.54) is 32.1 Å². The fourth-order valence-electron chi connectivity index (χ4n) is 6.88. The minimum Gasteiger partial charge on any atom is -0.477 e. The van der Waals surface area contributed by atoms with Gasteiger partial charge in [-0.15, -0.1) is 0 Å². The van der Waals surface area contributed by atoms with Crippen LogP contribution in [0.2, 0.25) is 0 Å². The molecule has 1 aromatic heterocycles. The third-order valence-corrected chi connectivity index (χ3v) is 8.21. The number of nitrogens with one attached hydrogen (secondary N) is 3. The van der Waals surface area contributed by atoms with Crippen LogP contribution in [0, 0.1) is 29.6 Å². The van der Waals surface area contributed by atoms with Gasteiger partial charge in [-0.2, -0.15) is 5.10 Å². The van der Waals surface area contributed by atoms with Crippen molar-refractivity contribution in [3.05, 3.63) is 11.8 Å². The van der Waals surface area contributed by atoms with Crippen LogP contribution in [0.1, 0.15) is 69.2 Å². The summed E-state index contributed by atoms with van der Waals surface area (Å²) < 4.78 is 8.02. The number of ether oxygens (including phenoxy) is 1. The Morgan fingerprint density at radius 1 is 1.16 bits per heavy atom. The highest BCUT2D eigenvalue weighted by Crippen LogP contribution is 2.53. The van der Waals surface area contributed by atoms with E-state index in [0.717, 1.165) is 44.3 Å². The Morgan fingerprint density at radius 3 is 2.50 bits per heavy atom. The van der Waals surface area contributed by atoms with E-state index in [1.54, 1.807) is 6.20 Å². The van der Waals surface area contributed by atoms with E-state index in [9.17, 15) is 4.79 Å². The molecule has 6 rings (SSSR count). The van der Waals surface area contributed by atoms with Gasteiger partial charge >= 0.3 is 0 Å². The van der Waals surface area contributed by atoms with Crippen LogP contribution in [-0.4, -0.2) is 54.0 Å². The topological polar surface area (TPSA) is 80.2 Å². The zero-order valence-electron chi connectivity index (χ0n) is 19.8. The van der Waals surface area contributed by atoms with E-state index in [1.807, 2.05) is 4.68 Å². The third-order valence-electron chi connectivity index (χ3n) is 8.21. The largest absolute Gasteiger partial charge is 0.477 e. The number of nitrogens with zero attached hydrogens (tertiary/aromatic N) is 2. The molecule has 0 radical (unpaired) electrons. The van der Waals surface area contributed by atoms with E-state index in [-0.39, 0.29) is 5.91 Å². The number of hydrogen-bond acceptors (Lipinski definition) is 5. The van der Waals surface area contributed by atoms with Gasteiger partial charge in [0.15, 0.2) is 0 Å². The highest BCUT2D eigenvalue weighted by molar-refractivity contribution is 5.96. The van der Waals surface area contributed by atoms with Gasteiger partial charge in [0, 0.05) is 18.6 Å². The van der Waals surface area contributed by atoms with Gasteiger partial charge in [-0.05, 0) is 87.6 Å². The van der Waals surface area contributed by atoms with Gasteiger partial charge in [0.2, 0.25) is 5.88 Å². The first-order valence-electron chi connectivity index (χ1n) is 13.0. The summed E-state index contributed by atoms with van der Waals surface area (Å²) in [4.78, 5) is 13.4. The zero-order chi connectivity index (χ0) is 22.1. The molecule has 0 atom stereocenters. The molecule has 32 heavy (non-hydrogen) atoms. The summed E-state index contributed by atoms with van der Waals surface area (Å²) in [6, 6.07) is 0.893. The second-order valence-electron chi connectivity index (χ2n) is 11.2. The lowest BCUT2D eigenvalue weighted by Gasteiger charge is -2.54. The van der Waals surface area contributed by atoms with Crippen LogP contribution in [0.4, 0.5) is 0 Å². The second kappa shape index (κ2) is 9.72. The molecule has 1 amide bonds. The van der Waals surface area contributed by atoms with Crippen molar-refractivity contribution in [1.82, 2.24) is 25.7 Å². The average Bonchev–Trinajstić information content (AvgIpc) is 3.18. The lowest BCUT2D eigenvalue weighted by molar-refractivity contribution is -0.0120. The number of piperidine rings is 1. The van der Waals surface area contributed by atoms with E-state index >= 15 is 0 Å². The Balaban J connectivity index is 1.24. The molecule has 1 aromatic rings. The van der Waals surface area contributed by atoms with Gasteiger partial charge in [0.05, 0.1) is 19.3 Å². The molecular weight excluding hydrogens is 402 g/mol. The van der Waals surface area contributed by atoms with E-state index < -0.39 is 0 Å². The SMILES string of the molecule is CC(C)COc1c(C(=O)NC2C3CC4CC(C3)CC2C4)cnn1CCNC1CCNCC1. The minimum atomic E-state index is -0.00112. The van der Waals surface area contributed by atoms with Crippen LogP contribution in [0.15, 0.2) is 6.20 Å². The molecule has 5 fully saturated rings. The molecule has 4 aliphatic carbocycles. The van der Waals surface area contributed by atoms with Crippen molar-refractivity contribution < 1.29 is 9.53 Å². The summed E-state index contributed by atoms with van der Waals surface area (Å²) in [6.07, 6.45) is 10.7. The smallest absolute Gasteiger partial charge is 0.258 e. The highest BCUT2D eigenvalue weighted by Gasteiger charge is 2.48. The average molecular weight is 444 g/mol. The molecule has 0 spiro atoms. The first-order chi connectivity index (χ1) is 15.6. The number of aromatic nitrogens is 2. The van der Waals surface area contributed by atoms with Gasteiger partial charge in [-0.25, -0.2) is 4.68 Å². The molecule has 3 N–H and O–H groups in total. The molecule has 7 nitrogen and oxygen atoms in total. The molecule has 0 unspecified atom stereocenters. The zero-order valence-corrected chi connectivity index (χ0v) is 19.8. The standard InChI is InChI=1S/C25H41N5O2/c1-16(2)15-32-25-22(14-28-30(25)8-7-27-21-3-5-26-6-4-21)24(31)29-23-19-10-17-9-18(12-19)13-20(23)11-17/h14,16-21,23,26-27H,3-13,15H2,1-2H3,(H,29,31). The number of carbonyl (C=O) groups is 1.